The number of amides is 1. The van der Waals surface area contributed by atoms with E-state index in [1.807, 2.05) is 29.2 Å². The summed E-state index contributed by atoms with van der Waals surface area (Å²) in [4.78, 5) is 20.8. The molecule has 0 aliphatic carbocycles. The van der Waals surface area contributed by atoms with E-state index in [1.165, 1.54) is 12.1 Å². The summed E-state index contributed by atoms with van der Waals surface area (Å²) in [5, 5.41) is 3.94. The second kappa shape index (κ2) is 9.62. The van der Waals surface area contributed by atoms with Crippen molar-refractivity contribution in [2.45, 2.75) is 19.1 Å². The lowest BCUT2D eigenvalue weighted by Gasteiger charge is -2.34. The van der Waals surface area contributed by atoms with E-state index < -0.39 is 11.7 Å². The number of piperazine rings is 1. The van der Waals surface area contributed by atoms with Gasteiger partial charge in [0, 0.05) is 31.7 Å². The van der Waals surface area contributed by atoms with Crippen LogP contribution in [0.3, 0.4) is 0 Å². The first-order valence-corrected chi connectivity index (χ1v) is 10.4. The van der Waals surface area contributed by atoms with Crippen LogP contribution in [-0.2, 0) is 23.9 Å². The normalized spacial score (nSPS) is 15.0. The monoisotopic (exact) mass is 460 g/mol. The summed E-state index contributed by atoms with van der Waals surface area (Å²) in [6.45, 7) is 2.96. The molecule has 1 aliphatic heterocycles. The number of alkyl halides is 3. The van der Waals surface area contributed by atoms with E-state index in [1.54, 1.807) is 7.11 Å². The van der Waals surface area contributed by atoms with Crippen molar-refractivity contribution in [3.8, 4) is 17.2 Å². The summed E-state index contributed by atoms with van der Waals surface area (Å²) in [6, 6.07) is 12.0. The molecule has 1 amide bonds. The quantitative estimate of drug-likeness (QED) is 0.559. The molecule has 1 saturated heterocycles. The van der Waals surface area contributed by atoms with E-state index in [2.05, 4.69) is 15.0 Å². The Bertz CT molecular complexity index is 1070. The Hall–Kier alpha value is -3.40. The van der Waals surface area contributed by atoms with Crippen LogP contribution in [-0.4, -0.2) is 59.1 Å². The topological polar surface area (TPSA) is 71.7 Å². The average molecular weight is 460 g/mol. The molecule has 0 saturated carbocycles. The van der Waals surface area contributed by atoms with Crippen molar-refractivity contribution in [3.05, 3.63) is 65.5 Å². The Morgan fingerprint density at radius 1 is 1.03 bits per heavy atom. The van der Waals surface area contributed by atoms with Crippen molar-refractivity contribution in [3.63, 3.8) is 0 Å². The molecule has 7 nitrogen and oxygen atoms in total. The van der Waals surface area contributed by atoms with Gasteiger partial charge in [-0.1, -0.05) is 17.3 Å². The number of hydrogen-bond donors (Lipinski definition) is 0. The molecule has 1 aliphatic rings. The lowest BCUT2D eigenvalue weighted by Crippen LogP contribution is -2.48. The highest BCUT2D eigenvalue weighted by Gasteiger charge is 2.30. The van der Waals surface area contributed by atoms with E-state index >= 15 is 0 Å². The van der Waals surface area contributed by atoms with Gasteiger partial charge in [0.1, 0.15) is 5.75 Å². The average Bonchev–Trinajstić information content (AvgIpc) is 3.28. The first kappa shape index (κ1) is 22.8. The molecule has 2 aromatic carbocycles. The number of carbonyl (C=O) groups excluding carboxylic acids is 1. The zero-order valence-corrected chi connectivity index (χ0v) is 18.0. The largest absolute Gasteiger partial charge is 0.497 e. The summed E-state index contributed by atoms with van der Waals surface area (Å²) >= 11 is 0. The number of halogens is 3. The fourth-order valence-corrected chi connectivity index (χ4v) is 3.62. The Morgan fingerprint density at radius 3 is 2.30 bits per heavy atom. The molecule has 0 atom stereocenters. The molecule has 33 heavy (non-hydrogen) atoms. The maximum atomic E-state index is 12.7. The van der Waals surface area contributed by atoms with Crippen LogP contribution < -0.4 is 4.74 Å². The Morgan fingerprint density at radius 2 is 1.70 bits per heavy atom. The van der Waals surface area contributed by atoms with Gasteiger partial charge in [0.25, 0.3) is 5.89 Å². The number of benzene rings is 2. The second-order valence-electron chi connectivity index (χ2n) is 7.77. The molecule has 0 N–H and O–H groups in total. The van der Waals surface area contributed by atoms with E-state index in [-0.39, 0.29) is 11.8 Å². The molecular weight excluding hydrogens is 437 g/mol. The summed E-state index contributed by atoms with van der Waals surface area (Å²) in [6.07, 6.45) is -4.05. The van der Waals surface area contributed by atoms with E-state index in [4.69, 9.17) is 9.26 Å². The standard InChI is InChI=1S/C23H23F3N4O3/c1-32-19-8-2-16(3-9-19)14-21(31)30-12-10-29(11-13-30)15-20-27-22(33-28-20)17-4-6-18(7-5-17)23(24,25)26/h2-9H,10-15H2,1H3. The molecule has 174 valence electrons. The minimum atomic E-state index is -4.39. The molecule has 4 rings (SSSR count). The van der Waals surface area contributed by atoms with Gasteiger partial charge in [-0.15, -0.1) is 0 Å². The van der Waals surface area contributed by atoms with Crippen molar-refractivity contribution < 1.29 is 27.2 Å². The summed E-state index contributed by atoms with van der Waals surface area (Å²) in [5.74, 6) is 1.45. The molecular formula is C23H23F3N4O3. The smallest absolute Gasteiger partial charge is 0.416 e. The number of rotatable bonds is 6. The zero-order valence-electron chi connectivity index (χ0n) is 18.0. The van der Waals surface area contributed by atoms with Gasteiger partial charge in [-0.25, -0.2) is 0 Å². The van der Waals surface area contributed by atoms with Crippen molar-refractivity contribution in [2.24, 2.45) is 0 Å². The van der Waals surface area contributed by atoms with Crippen LogP contribution in [0.4, 0.5) is 13.2 Å². The molecule has 0 spiro atoms. The van der Waals surface area contributed by atoms with Crippen LogP contribution in [0, 0.1) is 0 Å². The number of hydrogen-bond acceptors (Lipinski definition) is 6. The SMILES string of the molecule is COc1ccc(CC(=O)N2CCN(Cc3noc(-c4ccc(C(F)(F)F)cc4)n3)CC2)cc1. The second-order valence-corrected chi connectivity index (χ2v) is 7.77. The lowest BCUT2D eigenvalue weighted by atomic mass is 10.1. The van der Waals surface area contributed by atoms with Crippen LogP contribution in [0.2, 0.25) is 0 Å². The van der Waals surface area contributed by atoms with Crippen molar-refractivity contribution in [1.82, 2.24) is 19.9 Å². The van der Waals surface area contributed by atoms with Crippen LogP contribution >= 0.6 is 0 Å². The minimum Gasteiger partial charge on any atom is -0.497 e. The minimum absolute atomic E-state index is 0.0731. The van der Waals surface area contributed by atoms with E-state index in [0.717, 1.165) is 23.4 Å². The highest BCUT2D eigenvalue weighted by molar-refractivity contribution is 5.79. The molecule has 0 bridgehead atoms. The van der Waals surface area contributed by atoms with Crippen LogP contribution in [0.5, 0.6) is 5.75 Å². The fraction of sp³-hybridized carbons (Fsp3) is 0.348. The number of methoxy groups -OCH3 is 1. The number of carbonyl (C=O) groups is 1. The highest BCUT2D eigenvalue weighted by atomic mass is 19.4. The van der Waals surface area contributed by atoms with Gasteiger partial charge >= 0.3 is 6.18 Å². The van der Waals surface area contributed by atoms with Gasteiger partial charge in [0.05, 0.1) is 25.6 Å². The van der Waals surface area contributed by atoms with Gasteiger partial charge in [-0.2, -0.15) is 18.2 Å². The van der Waals surface area contributed by atoms with Gasteiger partial charge in [-0.05, 0) is 42.0 Å². The predicted molar refractivity (Wildman–Crippen MR) is 113 cm³/mol. The maximum Gasteiger partial charge on any atom is 0.416 e. The molecule has 3 aromatic rings. The van der Waals surface area contributed by atoms with Crippen LogP contribution in [0.15, 0.2) is 53.1 Å². The van der Waals surface area contributed by atoms with E-state index in [9.17, 15) is 18.0 Å². The van der Waals surface area contributed by atoms with Gasteiger partial charge in [0.2, 0.25) is 5.91 Å². The van der Waals surface area contributed by atoms with E-state index in [0.29, 0.717) is 50.5 Å². The number of nitrogens with zero attached hydrogens (tertiary/aromatic N) is 4. The van der Waals surface area contributed by atoms with Crippen molar-refractivity contribution in [1.29, 1.82) is 0 Å². The molecule has 1 aromatic heterocycles. The van der Waals surface area contributed by atoms with Crippen molar-refractivity contribution >= 4 is 5.91 Å². The third kappa shape index (κ3) is 5.70. The first-order valence-electron chi connectivity index (χ1n) is 10.4. The van der Waals surface area contributed by atoms with Crippen LogP contribution in [0.25, 0.3) is 11.5 Å². The molecule has 0 unspecified atom stereocenters. The third-order valence-corrected chi connectivity index (χ3v) is 5.53. The summed E-state index contributed by atoms with van der Waals surface area (Å²) in [5.41, 5.74) is 0.631. The molecule has 10 heteroatoms. The highest BCUT2D eigenvalue weighted by Crippen LogP contribution is 2.30. The van der Waals surface area contributed by atoms with Gasteiger partial charge < -0.3 is 14.2 Å². The predicted octanol–water partition coefficient (Wildman–Crippen LogP) is 3.65. The third-order valence-electron chi connectivity index (χ3n) is 5.53. The fourth-order valence-electron chi connectivity index (χ4n) is 3.62. The molecule has 0 radical (unpaired) electrons. The maximum absolute atomic E-state index is 12.7. The number of ether oxygens (including phenoxy) is 1. The summed E-state index contributed by atoms with van der Waals surface area (Å²) in [7, 11) is 1.60. The van der Waals surface area contributed by atoms with Crippen molar-refractivity contribution in [2.75, 3.05) is 33.3 Å². The lowest BCUT2D eigenvalue weighted by molar-refractivity contribution is -0.137. The van der Waals surface area contributed by atoms with Gasteiger partial charge in [-0.3, -0.25) is 9.69 Å². The number of aromatic nitrogens is 2. The van der Waals surface area contributed by atoms with Crippen LogP contribution in [0.1, 0.15) is 17.0 Å². The molecule has 2 heterocycles. The zero-order chi connectivity index (χ0) is 23.4. The Balaban J connectivity index is 1.28. The Kier molecular flexibility index (Phi) is 6.64. The first-order chi connectivity index (χ1) is 15.8. The summed E-state index contributed by atoms with van der Waals surface area (Å²) < 4.78 is 48.5. The molecule has 1 fully saturated rings. The Labute approximate surface area is 188 Å². The van der Waals surface area contributed by atoms with Gasteiger partial charge in [0.15, 0.2) is 5.82 Å².